The molecular weight excluding hydrogens is 205 g/mol. The molecule has 2 rings (SSSR count). The van der Waals surface area contributed by atoms with Gasteiger partial charge >= 0.3 is 0 Å². The van der Waals surface area contributed by atoms with Gasteiger partial charge in [0.2, 0.25) is 0 Å². The number of hydrogen-bond acceptors (Lipinski definition) is 3. The largest absolute Gasteiger partial charge is 0.314 e. The topological polar surface area (TPSA) is 50.1 Å². The molecule has 0 spiro atoms. The lowest BCUT2D eigenvalue weighted by atomic mass is 9.97. The Labute approximate surface area is 88.2 Å². The van der Waals surface area contributed by atoms with Crippen molar-refractivity contribution in [3.8, 4) is 0 Å². The minimum Gasteiger partial charge on any atom is -0.314 e. The second-order valence-corrected chi connectivity index (χ2v) is 3.18. The van der Waals surface area contributed by atoms with Gasteiger partial charge in [0.05, 0.1) is 6.17 Å². The first-order chi connectivity index (χ1) is 6.29. The Hall–Kier alpha value is -0.680. The Morgan fingerprint density at radius 3 is 2.64 bits per heavy atom. The van der Waals surface area contributed by atoms with Crippen LogP contribution in [-0.2, 0) is 0 Å². The molecule has 0 bridgehead atoms. The minimum atomic E-state index is -0.211. The minimum absolute atomic E-state index is 0. The van der Waals surface area contributed by atoms with Crippen LogP contribution < -0.4 is 16.6 Å². The van der Waals surface area contributed by atoms with Crippen molar-refractivity contribution in [1.29, 1.82) is 0 Å². The van der Waals surface area contributed by atoms with E-state index >= 15 is 0 Å². The first-order valence-corrected chi connectivity index (χ1v) is 4.27. The van der Waals surface area contributed by atoms with Crippen LogP contribution in [0, 0.1) is 5.82 Å². The van der Waals surface area contributed by atoms with Gasteiger partial charge in [0.25, 0.3) is 0 Å². The predicted molar refractivity (Wildman–Crippen MR) is 55.5 cm³/mol. The zero-order chi connectivity index (χ0) is 9.26. The van der Waals surface area contributed by atoms with E-state index in [4.69, 9.17) is 5.73 Å². The predicted octanol–water partition coefficient (Wildman–Crippen LogP) is 0.724. The molecule has 2 atom stereocenters. The Morgan fingerprint density at radius 1 is 1.36 bits per heavy atom. The van der Waals surface area contributed by atoms with Gasteiger partial charge in [-0.25, -0.2) is 9.82 Å². The molecule has 1 saturated heterocycles. The van der Waals surface area contributed by atoms with Gasteiger partial charge in [0.1, 0.15) is 5.82 Å². The summed E-state index contributed by atoms with van der Waals surface area (Å²) >= 11 is 0. The highest BCUT2D eigenvalue weighted by Crippen LogP contribution is 2.21. The van der Waals surface area contributed by atoms with E-state index in [-0.39, 0.29) is 30.3 Å². The lowest BCUT2D eigenvalue weighted by Crippen LogP contribution is -2.38. The van der Waals surface area contributed by atoms with E-state index < -0.39 is 0 Å². The van der Waals surface area contributed by atoms with Crippen LogP contribution in [0.15, 0.2) is 24.3 Å². The average Bonchev–Trinajstić information content (AvgIpc) is 2.52. The number of halogens is 2. The first kappa shape index (κ1) is 11.4. The SMILES string of the molecule is Cl.NC1NNCC1c1ccccc1F. The molecule has 2 unspecified atom stereocenters. The summed E-state index contributed by atoms with van der Waals surface area (Å²) in [6.07, 6.45) is -0.211. The number of hydrogen-bond donors (Lipinski definition) is 3. The molecule has 3 nitrogen and oxygen atoms in total. The van der Waals surface area contributed by atoms with Gasteiger partial charge in [-0.05, 0) is 11.6 Å². The molecule has 4 N–H and O–H groups in total. The van der Waals surface area contributed by atoms with E-state index in [2.05, 4.69) is 10.9 Å². The van der Waals surface area contributed by atoms with E-state index in [1.54, 1.807) is 12.1 Å². The number of rotatable bonds is 1. The molecule has 0 amide bonds. The third kappa shape index (κ3) is 2.04. The van der Waals surface area contributed by atoms with Crippen molar-refractivity contribution in [1.82, 2.24) is 10.9 Å². The van der Waals surface area contributed by atoms with E-state index in [1.807, 2.05) is 6.07 Å². The second-order valence-electron chi connectivity index (χ2n) is 3.18. The summed E-state index contributed by atoms with van der Waals surface area (Å²) in [6, 6.07) is 6.73. The Bertz CT molecular complexity index is 308. The van der Waals surface area contributed by atoms with Crippen LogP contribution in [0.1, 0.15) is 11.5 Å². The highest BCUT2D eigenvalue weighted by molar-refractivity contribution is 5.85. The Balaban J connectivity index is 0.000000980. The van der Waals surface area contributed by atoms with Crippen molar-refractivity contribution in [3.05, 3.63) is 35.6 Å². The van der Waals surface area contributed by atoms with Crippen molar-refractivity contribution >= 4 is 12.4 Å². The maximum absolute atomic E-state index is 13.3. The van der Waals surface area contributed by atoms with E-state index in [9.17, 15) is 4.39 Å². The van der Waals surface area contributed by atoms with Crippen LogP contribution in [0.4, 0.5) is 4.39 Å². The van der Waals surface area contributed by atoms with Crippen LogP contribution in [-0.4, -0.2) is 12.7 Å². The fourth-order valence-corrected chi connectivity index (χ4v) is 1.59. The van der Waals surface area contributed by atoms with Crippen molar-refractivity contribution < 1.29 is 4.39 Å². The summed E-state index contributed by atoms with van der Waals surface area (Å²) in [7, 11) is 0. The number of hydrazine groups is 1. The van der Waals surface area contributed by atoms with Gasteiger partial charge in [-0.3, -0.25) is 5.43 Å². The summed E-state index contributed by atoms with van der Waals surface area (Å²) in [6.45, 7) is 0.669. The lowest BCUT2D eigenvalue weighted by molar-refractivity contribution is 0.525. The van der Waals surface area contributed by atoms with Gasteiger partial charge in [-0.1, -0.05) is 18.2 Å². The molecule has 0 saturated carbocycles. The molecule has 1 aromatic carbocycles. The van der Waals surface area contributed by atoms with E-state index in [0.29, 0.717) is 12.1 Å². The third-order valence-electron chi connectivity index (χ3n) is 2.33. The highest BCUT2D eigenvalue weighted by atomic mass is 35.5. The van der Waals surface area contributed by atoms with E-state index in [1.165, 1.54) is 6.07 Å². The molecule has 1 aliphatic rings. The molecule has 78 valence electrons. The van der Waals surface area contributed by atoms with Crippen LogP contribution in [0.3, 0.4) is 0 Å². The fourth-order valence-electron chi connectivity index (χ4n) is 1.59. The van der Waals surface area contributed by atoms with Crippen LogP contribution in [0.25, 0.3) is 0 Å². The smallest absolute Gasteiger partial charge is 0.126 e. The lowest BCUT2D eigenvalue weighted by Gasteiger charge is -2.14. The molecule has 1 aromatic rings. The normalized spacial score (nSPS) is 25.9. The molecule has 5 heteroatoms. The van der Waals surface area contributed by atoms with Crippen LogP contribution >= 0.6 is 12.4 Å². The maximum atomic E-state index is 13.3. The average molecular weight is 218 g/mol. The first-order valence-electron chi connectivity index (χ1n) is 4.27. The summed E-state index contributed by atoms with van der Waals surface area (Å²) < 4.78 is 13.3. The summed E-state index contributed by atoms with van der Waals surface area (Å²) in [5.74, 6) is -0.172. The standard InChI is InChI=1S/C9H12FN3.ClH/c10-8-4-2-1-3-6(8)7-5-12-13-9(7)11;/h1-4,7,9,12-13H,5,11H2;1H. The zero-order valence-corrected chi connectivity index (χ0v) is 8.35. The third-order valence-corrected chi connectivity index (χ3v) is 2.33. The molecule has 1 heterocycles. The van der Waals surface area contributed by atoms with Crippen LogP contribution in [0.2, 0.25) is 0 Å². The zero-order valence-electron chi connectivity index (χ0n) is 7.53. The second kappa shape index (κ2) is 4.70. The highest BCUT2D eigenvalue weighted by Gasteiger charge is 2.26. The summed E-state index contributed by atoms with van der Waals surface area (Å²) in [4.78, 5) is 0. The van der Waals surface area contributed by atoms with Gasteiger partial charge in [-0.15, -0.1) is 12.4 Å². The summed E-state index contributed by atoms with van der Waals surface area (Å²) in [5, 5.41) is 0. The number of nitrogens with two attached hydrogens (primary N) is 1. The van der Waals surface area contributed by atoms with E-state index in [0.717, 1.165) is 0 Å². The van der Waals surface area contributed by atoms with Crippen molar-refractivity contribution in [2.24, 2.45) is 5.73 Å². The molecule has 0 aliphatic carbocycles. The monoisotopic (exact) mass is 217 g/mol. The molecule has 0 aromatic heterocycles. The van der Waals surface area contributed by atoms with Gasteiger partial charge in [-0.2, -0.15) is 0 Å². The van der Waals surface area contributed by atoms with Gasteiger partial charge < -0.3 is 5.73 Å². The van der Waals surface area contributed by atoms with Crippen molar-refractivity contribution in [2.75, 3.05) is 6.54 Å². The van der Waals surface area contributed by atoms with Crippen LogP contribution in [0.5, 0.6) is 0 Å². The van der Waals surface area contributed by atoms with Gasteiger partial charge in [0, 0.05) is 12.5 Å². The van der Waals surface area contributed by atoms with Crippen molar-refractivity contribution in [3.63, 3.8) is 0 Å². The molecular formula is C9H13ClFN3. The number of benzene rings is 1. The Kier molecular flexibility index (Phi) is 3.83. The molecule has 1 fully saturated rings. The van der Waals surface area contributed by atoms with Crippen molar-refractivity contribution in [2.45, 2.75) is 12.1 Å². The summed E-state index contributed by atoms with van der Waals surface area (Å²) in [5.41, 5.74) is 12.2. The number of nitrogens with one attached hydrogen (secondary N) is 2. The fraction of sp³-hybridized carbons (Fsp3) is 0.333. The molecule has 14 heavy (non-hydrogen) atoms. The Morgan fingerprint density at radius 2 is 2.07 bits per heavy atom. The quantitative estimate of drug-likeness (QED) is 0.650. The molecule has 1 aliphatic heterocycles. The maximum Gasteiger partial charge on any atom is 0.126 e. The molecule has 0 radical (unpaired) electrons. The van der Waals surface area contributed by atoms with Gasteiger partial charge in [0.15, 0.2) is 0 Å².